The number of nitrogens with one attached hydrogen (secondary N) is 1. The van der Waals surface area contributed by atoms with Crippen molar-refractivity contribution in [3.63, 3.8) is 0 Å². The minimum absolute atomic E-state index is 0.187. The Morgan fingerprint density at radius 2 is 2.00 bits per heavy atom. The smallest absolute Gasteiger partial charge is 0.404 e. The summed E-state index contributed by atoms with van der Waals surface area (Å²) in [5, 5.41) is 10.6. The highest BCUT2D eigenvalue weighted by Crippen LogP contribution is 2.22. The molecule has 0 aromatic heterocycles. The van der Waals surface area contributed by atoms with Gasteiger partial charge in [-0.25, -0.2) is 0 Å². The third-order valence-corrected chi connectivity index (χ3v) is 2.50. The fourth-order valence-corrected chi connectivity index (χ4v) is 1.19. The molecule has 0 rings (SSSR count). The first-order chi connectivity index (χ1) is 7.27. The number of halogens is 3. The Kier molecular flexibility index (Phi) is 6.40. The summed E-state index contributed by atoms with van der Waals surface area (Å²) in [6.07, 6.45) is -3.92. The van der Waals surface area contributed by atoms with E-state index in [0.29, 0.717) is 12.3 Å². The van der Waals surface area contributed by atoms with Crippen molar-refractivity contribution < 1.29 is 23.1 Å². The maximum Gasteiger partial charge on any atom is 0.404 e. The van der Waals surface area contributed by atoms with Crippen LogP contribution in [0.25, 0.3) is 0 Å². The SMILES string of the molecule is CCC(C)CCNC(CC(=O)O)C(F)(F)F. The minimum atomic E-state index is -4.51. The molecule has 0 amide bonds. The zero-order valence-corrected chi connectivity index (χ0v) is 9.47. The Morgan fingerprint density at radius 3 is 2.38 bits per heavy atom. The van der Waals surface area contributed by atoms with E-state index in [1.54, 1.807) is 0 Å². The first-order valence-corrected chi connectivity index (χ1v) is 5.29. The van der Waals surface area contributed by atoms with Crippen LogP contribution in [0.2, 0.25) is 0 Å². The molecular weight excluding hydrogens is 223 g/mol. The highest BCUT2D eigenvalue weighted by molar-refractivity contribution is 5.67. The zero-order chi connectivity index (χ0) is 12.8. The molecule has 16 heavy (non-hydrogen) atoms. The number of hydrogen-bond donors (Lipinski definition) is 2. The molecule has 0 aliphatic rings. The van der Waals surface area contributed by atoms with Gasteiger partial charge in [-0.3, -0.25) is 4.79 Å². The van der Waals surface area contributed by atoms with E-state index in [2.05, 4.69) is 5.32 Å². The largest absolute Gasteiger partial charge is 0.481 e. The van der Waals surface area contributed by atoms with Gasteiger partial charge in [0, 0.05) is 0 Å². The van der Waals surface area contributed by atoms with E-state index in [1.807, 2.05) is 13.8 Å². The Morgan fingerprint density at radius 1 is 1.44 bits per heavy atom. The molecule has 0 aromatic carbocycles. The lowest BCUT2D eigenvalue weighted by atomic mass is 10.1. The number of aliphatic carboxylic acids is 1. The number of hydrogen-bond acceptors (Lipinski definition) is 2. The molecule has 3 nitrogen and oxygen atoms in total. The summed E-state index contributed by atoms with van der Waals surface area (Å²) < 4.78 is 37.1. The van der Waals surface area contributed by atoms with Crippen LogP contribution < -0.4 is 5.32 Å². The lowest BCUT2D eigenvalue weighted by molar-refractivity contribution is -0.167. The maximum atomic E-state index is 12.4. The Hall–Kier alpha value is -0.780. The molecule has 2 unspecified atom stereocenters. The summed E-state index contributed by atoms with van der Waals surface area (Å²) in [5.74, 6) is -1.11. The van der Waals surface area contributed by atoms with E-state index in [1.165, 1.54) is 0 Å². The summed E-state index contributed by atoms with van der Waals surface area (Å²) >= 11 is 0. The van der Waals surface area contributed by atoms with Gasteiger partial charge in [0.15, 0.2) is 0 Å². The number of rotatable bonds is 7. The van der Waals surface area contributed by atoms with Crippen molar-refractivity contribution in [2.24, 2.45) is 5.92 Å². The fourth-order valence-electron chi connectivity index (χ4n) is 1.19. The predicted molar refractivity (Wildman–Crippen MR) is 54.2 cm³/mol. The summed E-state index contributed by atoms with van der Waals surface area (Å²) in [6, 6.07) is -1.95. The topological polar surface area (TPSA) is 49.3 Å². The van der Waals surface area contributed by atoms with Crippen LogP contribution in [0.15, 0.2) is 0 Å². The van der Waals surface area contributed by atoms with Crippen molar-refractivity contribution in [1.82, 2.24) is 5.32 Å². The molecule has 0 aromatic rings. The number of alkyl halides is 3. The first-order valence-electron chi connectivity index (χ1n) is 5.29. The van der Waals surface area contributed by atoms with Crippen molar-refractivity contribution in [3.05, 3.63) is 0 Å². The minimum Gasteiger partial charge on any atom is -0.481 e. The highest BCUT2D eigenvalue weighted by Gasteiger charge is 2.40. The van der Waals surface area contributed by atoms with E-state index in [-0.39, 0.29) is 6.54 Å². The van der Waals surface area contributed by atoms with Gasteiger partial charge in [0.05, 0.1) is 6.42 Å². The molecule has 0 aliphatic carbocycles. The molecule has 96 valence electrons. The van der Waals surface area contributed by atoms with Gasteiger partial charge in [-0.2, -0.15) is 13.2 Å². The van der Waals surface area contributed by atoms with Crippen LogP contribution in [0, 0.1) is 5.92 Å². The molecule has 0 heterocycles. The molecule has 0 spiro atoms. The number of carbonyl (C=O) groups is 1. The van der Waals surface area contributed by atoms with Crippen molar-refractivity contribution in [2.75, 3.05) is 6.54 Å². The monoisotopic (exact) mass is 241 g/mol. The lowest BCUT2D eigenvalue weighted by Gasteiger charge is -2.20. The van der Waals surface area contributed by atoms with Gasteiger partial charge in [-0.05, 0) is 18.9 Å². The second kappa shape index (κ2) is 6.73. The van der Waals surface area contributed by atoms with Gasteiger partial charge >= 0.3 is 12.1 Å². The summed E-state index contributed by atoms with van der Waals surface area (Å²) in [5.41, 5.74) is 0. The van der Waals surface area contributed by atoms with Crippen molar-refractivity contribution in [3.8, 4) is 0 Å². The van der Waals surface area contributed by atoms with Gasteiger partial charge in [-0.1, -0.05) is 20.3 Å². The Balaban J connectivity index is 4.08. The summed E-state index contributed by atoms with van der Waals surface area (Å²) in [7, 11) is 0. The molecule has 0 fully saturated rings. The van der Waals surface area contributed by atoms with Crippen LogP contribution in [-0.4, -0.2) is 29.8 Å². The predicted octanol–water partition coefficient (Wildman–Crippen LogP) is 2.42. The van der Waals surface area contributed by atoms with E-state index in [9.17, 15) is 18.0 Å². The standard InChI is InChI=1S/C10H18F3NO2/c1-3-7(2)4-5-14-8(6-9(15)16)10(11,12)13/h7-8,14H,3-6H2,1-2H3,(H,15,16). The molecular formula is C10H18F3NO2. The van der Waals surface area contributed by atoms with Crippen LogP contribution in [0.3, 0.4) is 0 Å². The van der Waals surface area contributed by atoms with Crippen LogP contribution in [-0.2, 0) is 4.79 Å². The van der Waals surface area contributed by atoms with Gasteiger partial charge in [0.1, 0.15) is 6.04 Å². The van der Waals surface area contributed by atoms with E-state index >= 15 is 0 Å². The lowest BCUT2D eigenvalue weighted by Crippen LogP contribution is -2.44. The molecule has 6 heteroatoms. The average molecular weight is 241 g/mol. The van der Waals surface area contributed by atoms with Crippen LogP contribution >= 0.6 is 0 Å². The van der Waals surface area contributed by atoms with Crippen LogP contribution in [0.4, 0.5) is 13.2 Å². The van der Waals surface area contributed by atoms with Gasteiger partial charge < -0.3 is 10.4 Å². The first kappa shape index (κ1) is 15.2. The van der Waals surface area contributed by atoms with Crippen LogP contribution in [0.1, 0.15) is 33.1 Å². The van der Waals surface area contributed by atoms with E-state index < -0.39 is 24.6 Å². The van der Waals surface area contributed by atoms with E-state index in [4.69, 9.17) is 5.11 Å². The quantitative estimate of drug-likeness (QED) is 0.719. The molecule has 0 saturated carbocycles. The molecule has 0 radical (unpaired) electrons. The van der Waals surface area contributed by atoms with Crippen molar-refractivity contribution in [1.29, 1.82) is 0 Å². The Labute approximate surface area is 93.0 Å². The Bertz CT molecular complexity index is 219. The third-order valence-electron chi connectivity index (χ3n) is 2.50. The van der Waals surface area contributed by atoms with Gasteiger partial charge in [0.2, 0.25) is 0 Å². The number of carboxylic acids is 1. The molecule has 0 bridgehead atoms. The summed E-state index contributed by atoms with van der Waals surface area (Å²) in [4.78, 5) is 10.3. The van der Waals surface area contributed by atoms with Crippen LogP contribution in [0.5, 0.6) is 0 Å². The second-order valence-electron chi connectivity index (χ2n) is 3.95. The second-order valence-corrected chi connectivity index (χ2v) is 3.95. The highest BCUT2D eigenvalue weighted by atomic mass is 19.4. The molecule has 2 N–H and O–H groups in total. The molecule has 2 atom stereocenters. The third kappa shape index (κ3) is 6.66. The van der Waals surface area contributed by atoms with Gasteiger partial charge in [0.25, 0.3) is 0 Å². The van der Waals surface area contributed by atoms with E-state index in [0.717, 1.165) is 6.42 Å². The maximum absolute atomic E-state index is 12.4. The number of carboxylic acid groups (broad SMARTS) is 1. The van der Waals surface area contributed by atoms with Crippen molar-refractivity contribution in [2.45, 2.75) is 45.3 Å². The zero-order valence-electron chi connectivity index (χ0n) is 9.47. The fraction of sp³-hybridized carbons (Fsp3) is 0.900. The van der Waals surface area contributed by atoms with Gasteiger partial charge in [-0.15, -0.1) is 0 Å². The average Bonchev–Trinajstić information content (AvgIpc) is 2.13. The molecule has 0 aliphatic heterocycles. The van der Waals surface area contributed by atoms with Crippen molar-refractivity contribution >= 4 is 5.97 Å². The normalized spacial score (nSPS) is 15.8. The molecule has 0 saturated heterocycles. The summed E-state index contributed by atoms with van der Waals surface area (Å²) in [6.45, 7) is 4.09.